The molecule has 0 N–H and O–H groups in total. The zero-order chi connectivity index (χ0) is 22.1. The number of Topliss-reactive ketones (excluding diaryl/α,β-unsaturated/α-hetero) is 1. The summed E-state index contributed by atoms with van der Waals surface area (Å²) < 4.78 is 33.9. The Balaban J connectivity index is 2.50. The predicted octanol–water partition coefficient (Wildman–Crippen LogP) is 3.02. The molecule has 0 aliphatic rings. The Hall–Kier alpha value is -2.45. The number of aryl methyl sites for hydroxylation is 1. The number of ether oxygens (including phenoxy) is 1. The maximum absolute atomic E-state index is 13.3. The number of nitrogens with zero attached hydrogens (tertiary/aromatic N) is 2. The molecule has 7 nitrogen and oxygen atoms in total. The normalized spacial score (nSPS) is 12.8. The second-order valence-corrected chi connectivity index (χ2v) is 8.94. The molecule has 1 aromatic heterocycles. The van der Waals surface area contributed by atoms with E-state index in [4.69, 9.17) is 4.74 Å². The van der Waals surface area contributed by atoms with Gasteiger partial charge in [0.1, 0.15) is 5.69 Å². The van der Waals surface area contributed by atoms with Gasteiger partial charge in [-0.2, -0.15) is 4.31 Å². The predicted molar refractivity (Wildman–Crippen MR) is 111 cm³/mol. The summed E-state index contributed by atoms with van der Waals surface area (Å²) >= 11 is 0. The lowest BCUT2D eigenvalue weighted by Crippen LogP contribution is -2.43. The molecule has 2 rings (SSSR count). The van der Waals surface area contributed by atoms with Crippen molar-refractivity contribution in [2.75, 3.05) is 13.7 Å². The van der Waals surface area contributed by atoms with Crippen LogP contribution in [0.1, 0.15) is 51.5 Å². The highest BCUT2D eigenvalue weighted by molar-refractivity contribution is 7.89. The first kappa shape index (κ1) is 22.8. The average molecular weight is 421 g/mol. The Kier molecular flexibility index (Phi) is 6.70. The molecule has 0 spiro atoms. The lowest BCUT2D eigenvalue weighted by atomic mass is 10.0. The van der Waals surface area contributed by atoms with Gasteiger partial charge in [0.2, 0.25) is 10.0 Å². The third-order valence-corrected chi connectivity index (χ3v) is 7.37. The van der Waals surface area contributed by atoms with Crippen LogP contribution in [0.4, 0.5) is 0 Å². The maximum Gasteiger partial charge on any atom is 0.354 e. The highest BCUT2D eigenvalue weighted by atomic mass is 32.2. The maximum atomic E-state index is 13.3. The summed E-state index contributed by atoms with van der Waals surface area (Å²) in [6.07, 6.45) is 0. The second kappa shape index (κ2) is 8.51. The minimum Gasteiger partial charge on any atom is -0.464 e. The van der Waals surface area contributed by atoms with Crippen LogP contribution in [-0.4, -0.2) is 48.7 Å². The molecule has 0 bridgehead atoms. The molecule has 0 amide bonds. The van der Waals surface area contributed by atoms with Crippen LogP contribution in [0.2, 0.25) is 0 Å². The van der Waals surface area contributed by atoms with E-state index in [1.54, 1.807) is 63.6 Å². The Labute approximate surface area is 172 Å². The molecule has 0 radical (unpaired) electrons. The van der Waals surface area contributed by atoms with Crippen molar-refractivity contribution >= 4 is 21.8 Å². The van der Waals surface area contributed by atoms with E-state index in [0.29, 0.717) is 16.8 Å². The minimum atomic E-state index is -3.86. The first-order valence-corrected chi connectivity index (χ1v) is 10.8. The number of carbonyl (C=O) groups excluding carboxylic acids is 2. The van der Waals surface area contributed by atoms with Crippen molar-refractivity contribution < 1.29 is 22.7 Å². The number of hydrogen-bond donors (Lipinski definition) is 0. The number of ketones is 1. The standard InChI is InChI=1S/C21H28N2O5S/c1-8-23(29(26,27)17-11-9-13(2)10-12-17)16(5)20(24)18-14(3)19(21(25)28-7)22(6)15(18)4/h9-12,16H,8H2,1-7H3. The summed E-state index contributed by atoms with van der Waals surface area (Å²) in [6, 6.07) is 5.59. The number of carbonyl (C=O) groups is 2. The lowest BCUT2D eigenvalue weighted by Gasteiger charge is -2.26. The molecule has 8 heteroatoms. The van der Waals surface area contributed by atoms with Gasteiger partial charge in [0.05, 0.1) is 18.0 Å². The monoisotopic (exact) mass is 420 g/mol. The van der Waals surface area contributed by atoms with Gasteiger partial charge in [-0.15, -0.1) is 0 Å². The van der Waals surface area contributed by atoms with E-state index in [1.807, 2.05) is 6.92 Å². The van der Waals surface area contributed by atoms with Crippen LogP contribution >= 0.6 is 0 Å². The molecule has 0 aliphatic carbocycles. The quantitative estimate of drug-likeness (QED) is 0.508. The SMILES string of the molecule is CCN(C(C)C(=O)c1c(C)c(C(=O)OC)n(C)c1C)S(=O)(=O)c1ccc(C)cc1. The molecule has 0 aliphatic heterocycles. The largest absolute Gasteiger partial charge is 0.464 e. The molecule has 158 valence electrons. The number of rotatable bonds is 7. The fraction of sp³-hybridized carbons (Fsp3) is 0.429. The number of methoxy groups -OCH3 is 1. The summed E-state index contributed by atoms with van der Waals surface area (Å²) in [7, 11) is -0.900. The van der Waals surface area contributed by atoms with Gasteiger partial charge in [-0.05, 0) is 45.4 Å². The minimum absolute atomic E-state index is 0.137. The van der Waals surface area contributed by atoms with Crippen molar-refractivity contribution in [2.45, 2.75) is 45.6 Å². The smallest absolute Gasteiger partial charge is 0.354 e. The number of sulfonamides is 1. The molecule has 29 heavy (non-hydrogen) atoms. The number of benzene rings is 1. The van der Waals surface area contributed by atoms with E-state index in [0.717, 1.165) is 5.56 Å². The summed E-state index contributed by atoms with van der Waals surface area (Å²) in [5, 5.41) is 0. The third kappa shape index (κ3) is 4.00. The molecule has 1 aromatic carbocycles. The highest BCUT2D eigenvalue weighted by Crippen LogP contribution is 2.26. The average Bonchev–Trinajstić information content (AvgIpc) is 2.90. The Morgan fingerprint density at radius 2 is 1.69 bits per heavy atom. The summed E-state index contributed by atoms with van der Waals surface area (Å²) in [6.45, 7) is 8.67. The van der Waals surface area contributed by atoms with Gasteiger partial charge in [-0.25, -0.2) is 13.2 Å². The molecular weight excluding hydrogens is 392 g/mol. The number of hydrogen-bond acceptors (Lipinski definition) is 5. The van der Waals surface area contributed by atoms with Gasteiger partial charge in [-0.3, -0.25) is 4.79 Å². The van der Waals surface area contributed by atoms with Gasteiger partial charge >= 0.3 is 5.97 Å². The van der Waals surface area contributed by atoms with Gasteiger partial charge in [0, 0.05) is 24.8 Å². The van der Waals surface area contributed by atoms with Crippen LogP contribution in [0.3, 0.4) is 0 Å². The number of aromatic nitrogens is 1. The summed E-state index contributed by atoms with van der Waals surface area (Å²) in [4.78, 5) is 25.6. The van der Waals surface area contributed by atoms with Crippen LogP contribution in [0.25, 0.3) is 0 Å². The fourth-order valence-electron chi connectivity index (χ4n) is 3.56. The van der Waals surface area contributed by atoms with E-state index in [-0.39, 0.29) is 22.9 Å². The van der Waals surface area contributed by atoms with Crippen LogP contribution in [0.15, 0.2) is 29.2 Å². The van der Waals surface area contributed by atoms with Crippen molar-refractivity contribution in [1.82, 2.24) is 8.87 Å². The molecule has 0 saturated carbocycles. The van der Waals surface area contributed by atoms with Crippen molar-refractivity contribution in [1.29, 1.82) is 0 Å². The topological polar surface area (TPSA) is 85.7 Å². The Morgan fingerprint density at radius 1 is 1.14 bits per heavy atom. The molecule has 1 heterocycles. The molecule has 2 aromatic rings. The van der Waals surface area contributed by atoms with Crippen molar-refractivity contribution in [3.05, 3.63) is 52.3 Å². The number of esters is 1. The first-order valence-electron chi connectivity index (χ1n) is 9.35. The van der Waals surface area contributed by atoms with Gasteiger partial charge in [0.15, 0.2) is 5.78 Å². The van der Waals surface area contributed by atoms with E-state index >= 15 is 0 Å². The van der Waals surface area contributed by atoms with E-state index < -0.39 is 22.0 Å². The van der Waals surface area contributed by atoms with Crippen molar-refractivity contribution in [2.24, 2.45) is 7.05 Å². The van der Waals surface area contributed by atoms with Crippen LogP contribution in [-0.2, 0) is 21.8 Å². The van der Waals surface area contributed by atoms with Crippen LogP contribution in [0.5, 0.6) is 0 Å². The highest BCUT2D eigenvalue weighted by Gasteiger charge is 2.35. The van der Waals surface area contributed by atoms with Crippen molar-refractivity contribution in [3.63, 3.8) is 0 Å². The second-order valence-electron chi connectivity index (χ2n) is 7.05. The zero-order valence-electron chi connectivity index (χ0n) is 17.9. The zero-order valence-corrected chi connectivity index (χ0v) is 18.8. The van der Waals surface area contributed by atoms with Crippen molar-refractivity contribution in [3.8, 4) is 0 Å². The fourth-order valence-corrected chi connectivity index (χ4v) is 5.17. The summed E-state index contributed by atoms with van der Waals surface area (Å²) in [5.74, 6) is -0.900. The van der Waals surface area contributed by atoms with E-state index in [1.165, 1.54) is 11.4 Å². The molecular formula is C21H28N2O5S. The first-order chi connectivity index (χ1) is 13.5. The van der Waals surface area contributed by atoms with Crippen LogP contribution in [0, 0.1) is 20.8 Å². The molecule has 0 fully saturated rings. The Bertz CT molecular complexity index is 1040. The Morgan fingerprint density at radius 3 is 2.17 bits per heavy atom. The molecule has 1 atom stereocenters. The van der Waals surface area contributed by atoms with Gasteiger partial charge in [0.25, 0.3) is 0 Å². The van der Waals surface area contributed by atoms with E-state index in [2.05, 4.69) is 0 Å². The van der Waals surface area contributed by atoms with Gasteiger partial charge in [-0.1, -0.05) is 24.6 Å². The lowest BCUT2D eigenvalue weighted by molar-refractivity contribution is 0.0588. The molecule has 0 saturated heterocycles. The number of likely N-dealkylation sites (N-methyl/N-ethyl adjacent to an activating group) is 1. The summed E-state index contributed by atoms with van der Waals surface area (Å²) in [5.41, 5.74) is 2.64. The third-order valence-electron chi connectivity index (χ3n) is 5.31. The van der Waals surface area contributed by atoms with Crippen LogP contribution < -0.4 is 0 Å². The van der Waals surface area contributed by atoms with E-state index in [9.17, 15) is 18.0 Å². The molecule has 1 unspecified atom stereocenters. The van der Waals surface area contributed by atoms with Gasteiger partial charge < -0.3 is 9.30 Å².